The van der Waals surface area contributed by atoms with Gasteiger partial charge in [0.1, 0.15) is 0 Å². The van der Waals surface area contributed by atoms with E-state index in [2.05, 4.69) is 0 Å². The highest BCUT2D eigenvalue weighted by Crippen LogP contribution is 2.40. The maximum absolute atomic E-state index is 13.6. The Labute approximate surface area is 194 Å². The minimum atomic E-state index is -4.32. The van der Waals surface area contributed by atoms with Crippen LogP contribution in [-0.2, 0) is 25.8 Å². The molecule has 166 valence electrons. The summed E-state index contributed by atoms with van der Waals surface area (Å²) in [4.78, 5) is 38.9. The van der Waals surface area contributed by atoms with Crippen LogP contribution in [0.25, 0.3) is 0 Å². The summed E-state index contributed by atoms with van der Waals surface area (Å²) in [6.07, 6.45) is 1.07. The normalized spacial score (nSPS) is 16.1. The van der Waals surface area contributed by atoms with Crippen LogP contribution in [0.1, 0.15) is 45.5 Å². The lowest BCUT2D eigenvalue weighted by Gasteiger charge is -2.20. The molecule has 0 bridgehead atoms. The van der Waals surface area contributed by atoms with Crippen molar-refractivity contribution in [2.75, 3.05) is 12.9 Å². The Morgan fingerprint density at radius 3 is 2.53 bits per heavy atom. The number of benzene rings is 2. The molecular weight excluding hydrogens is 472 g/mol. The van der Waals surface area contributed by atoms with E-state index >= 15 is 0 Å². The fourth-order valence-electron chi connectivity index (χ4n) is 3.99. The second kappa shape index (κ2) is 8.84. The highest BCUT2D eigenvalue weighted by Gasteiger charge is 2.37. The van der Waals surface area contributed by atoms with Gasteiger partial charge in [0, 0.05) is 22.6 Å². The Kier molecular flexibility index (Phi) is 6.29. The molecule has 0 unspecified atom stereocenters. The van der Waals surface area contributed by atoms with Gasteiger partial charge in [-0.3, -0.25) is 9.59 Å². The van der Waals surface area contributed by atoms with E-state index in [0.29, 0.717) is 12.8 Å². The van der Waals surface area contributed by atoms with Crippen LogP contribution in [0.2, 0.25) is 5.02 Å². The van der Waals surface area contributed by atoms with Crippen LogP contribution in [0.5, 0.6) is 0 Å². The number of halogens is 1. The molecule has 1 heterocycles. The third kappa shape index (κ3) is 3.80. The van der Waals surface area contributed by atoms with Gasteiger partial charge in [-0.15, -0.1) is 11.8 Å². The highest BCUT2D eigenvalue weighted by molar-refractivity contribution is 7.99. The van der Waals surface area contributed by atoms with Crippen LogP contribution < -0.4 is 0 Å². The van der Waals surface area contributed by atoms with E-state index in [4.69, 9.17) is 16.3 Å². The Morgan fingerprint density at radius 1 is 1.03 bits per heavy atom. The molecular formula is C23H19ClO6S2. The van der Waals surface area contributed by atoms with E-state index in [1.165, 1.54) is 24.3 Å². The van der Waals surface area contributed by atoms with Crippen molar-refractivity contribution in [1.29, 1.82) is 0 Å². The second-order valence-electron chi connectivity index (χ2n) is 7.40. The summed E-state index contributed by atoms with van der Waals surface area (Å²) in [5.74, 6) is -1.22. The molecule has 32 heavy (non-hydrogen) atoms. The number of methoxy groups -OCH3 is 1. The SMILES string of the molecule is COC(=O)c1ccccc1S(=O)(=O)C1=C(C(=O)c2ccc3c(c2Cl)CCS3)C(=O)CCC1. The molecule has 0 saturated carbocycles. The van der Waals surface area contributed by atoms with Crippen LogP contribution in [0, 0.1) is 0 Å². The number of carbonyl (C=O) groups excluding carboxylic acids is 3. The summed E-state index contributed by atoms with van der Waals surface area (Å²) in [7, 11) is -3.17. The minimum Gasteiger partial charge on any atom is -0.465 e. The molecule has 4 rings (SSSR count). The molecule has 0 spiro atoms. The Hall–Kier alpha value is -2.42. The molecule has 1 aliphatic heterocycles. The smallest absolute Gasteiger partial charge is 0.339 e. The number of thioether (sulfide) groups is 1. The number of Topliss-reactive ketones (excluding diaryl/α,β-unsaturated/α-hetero) is 2. The topological polar surface area (TPSA) is 94.6 Å². The molecule has 0 N–H and O–H groups in total. The van der Waals surface area contributed by atoms with Crippen molar-refractivity contribution in [3.8, 4) is 0 Å². The monoisotopic (exact) mass is 490 g/mol. The Morgan fingerprint density at radius 2 is 1.78 bits per heavy atom. The van der Waals surface area contributed by atoms with Crippen LogP contribution in [-0.4, -0.2) is 38.8 Å². The molecule has 0 amide bonds. The van der Waals surface area contributed by atoms with Gasteiger partial charge in [-0.25, -0.2) is 13.2 Å². The van der Waals surface area contributed by atoms with Gasteiger partial charge < -0.3 is 4.74 Å². The molecule has 2 aliphatic rings. The zero-order valence-corrected chi connectivity index (χ0v) is 19.5. The lowest BCUT2D eigenvalue weighted by molar-refractivity contribution is -0.115. The Bertz CT molecular complexity index is 1290. The van der Waals surface area contributed by atoms with Crippen LogP contribution in [0.15, 0.2) is 56.7 Å². The predicted octanol–water partition coefficient (Wildman–Crippen LogP) is 4.44. The number of hydrogen-bond donors (Lipinski definition) is 0. The lowest BCUT2D eigenvalue weighted by Crippen LogP contribution is -2.24. The van der Waals surface area contributed by atoms with Crippen LogP contribution in [0.3, 0.4) is 0 Å². The number of fused-ring (bicyclic) bond motifs is 1. The van der Waals surface area contributed by atoms with E-state index in [9.17, 15) is 22.8 Å². The standard InChI is InChI=1S/C23H19ClO6S2/c1-30-23(27)14-5-2-3-7-18(14)32(28,29)19-8-4-6-16(25)20(19)22(26)15-9-10-17-13(21(15)24)11-12-31-17/h2-3,5,7,9-10H,4,6,8,11-12H2,1H3. The predicted molar refractivity (Wildman–Crippen MR) is 121 cm³/mol. The van der Waals surface area contributed by atoms with E-state index < -0.39 is 27.4 Å². The summed E-state index contributed by atoms with van der Waals surface area (Å²) in [5, 5.41) is 0.259. The Balaban J connectivity index is 1.90. The van der Waals surface area contributed by atoms with Crippen molar-refractivity contribution in [2.24, 2.45) is 0 Å². The summed E-state index contributed by atoms with van der Waals surface area (Å²) < 4.78 is 31.9. The van der Waals surface area contributed by atoms with Crippen molar-refractivity contribution in [2.45, 2.75) is 35.5 Å². The van der Waals surface area contributed by atoms with Gasteiger partial charge in [-0.1, -0.05) is 23.7 Å². The van der Waals surface area contributed by atoms with E-state index in [1.54, 1.807) is 23.9 Å². The van der Waals surface area contributed by atoms with Crippen molar-refractivity contribution in [3.63, 3.8) is 0 Å². The number of rotatable bonds is 5. The van der Waals surface area contributed by atoms with Crippen molar-refractivity contribution in [3.05, 3.63) is 68.6 Å². The minimum absolute atomic E-state index is 0.0169. The third-order valence-electron chi connectivity index (χ3n) is 5.55. The van der Waals surface area contributed by atoms with Crippen molar-refractivity contribution >= 4 is 50.7 Å². The summed E-state index contributed by atoms with van der Waals surface area (Å²) in [6, 6.07) is 8.92. The number of ketones is 2. The second-order valence-corrected chi connectivity index (χ2v) is 10.9. The molecule has 1 aliphatic carbocycles. The van der Waals surface area contributed by atoms with E-state index in [1.807, 2.05) is 0 Å². The first-order chi connectivity index (χ1) is 15.3. The first-order valence-corrected chi connectivity index (χ1v) is 12.8. The number of carbonyl (C=O) groups is 3. The zero-order chi connectivity index (χ0) is 23.0. The van der Waals surface area contributed by atoms with Crippen LogP contribution in [0.4, 0.5) is 0 Å². The fourth-order valence-corrected chi connectivity index (χ4v) is 7.32. The number of allylic oxidation sites excluding steroid dienone is 2. The quantitative estimate of drug-likeness (QED) is 0.347. The van der Waals surface area contributed by atoms with Gasteiger partial charge in [0.05, 0.1) is 33.1 Å². The van der Waals surface area contributed by atoms with E-state index in [0.717, 1.165) is 23.3 Å². The molecule has 0 fully saturated rings. The molecule has 6 nitrogen and oxygen atoms in total. The van der Waals surface area contributed by atoms with Gasteiger partial charge in [0.25, 0.3) is 0 Å². The van der Waals surface area contributed by atoms with Gasteiger partial charge in [0.2, 0.25) is 9.84 Å². The number of sulfone groups is 1. The van der Waals surface area contributed by atoms with Gasteiger partial charge in [0.15, 0.2) is 11.6 Å². The van der Waals surface area contributed by atoms with Gasteiger partial charge >= 0.3 is 5.97 Å². The van der Waals surface area contributed by atoms with Crippen molar-refractivity contribution in [1.82, 2.24) is 0 Å². The average Bonchev–Trinajstić information content (AvgIpc) is 3.28. The highest BCUT2D eigenvalue weighted by atomic mass is 35.5. The number of ether oxygens (including phenoxy) is 1. The molecule has 2 aromatic carbocycles. The first kappa shape index (κ1) is 22.8. The number of hydrogen-bond acceptors (Lipinski definition) is 7. The maximum Gasteiger partial charge on any atom is 0.339 e. The molecule has 0 aromatic heterocycles. The zero-order valence-electron chi connectivity index (χ0n) is 17.1. The molecule has 2 aromatic rings. The maximum atomic E-state index is 13.6. The molecule has 0 atom stereocenters. The third-order valence-corrected chi connectivity index (χ3v) is 9.08. The summed E-state index contributed by atoms with van der Waals surface area (Å²) >= 11 is 8.13. The summed E-state index contributed by atoms with van der Waals surface area (Å²) in [5.41, 5.74) is 0.433. The molecule has 0 saturated heterocycles. The molecule has 0 radical (unpaired) electrons. The van der Waals surface area contributed by atoms with Crippen LogP contribution >= 0.6 is 23.4 Å². The largest absolute Gasteiger partial charge is 0.465 e. The molecule has 9 heteroatoms. The van der Waals surface area contributed by atoms with Crippen molar-refractivity contribution < 1.29 is 27.5 Å². The first-order valence-electron chi connectivity index (χ1n) is 9.95. The van der Waals surface area contributed by atoms with Gasteiger partial charge in [-0.2, -0.15) is 0 Å². The average molecular weight is 491 g/mol. The number of esters is 1. The van der Waals surface area contributed by atoms with Gasteiger partial charge in [-0.05, 0) is 49.1 Å². The lowest BCUT2D eigenvalue weighted by atomic mass is 9.91. The fraction of sp³-hybridized carbons (Fsp3) is 0.261. The van der Waals surface area contributed by atoms with E-state index in [-0.39, 0.29) is 44.4 Å². The summed E-state index contributed by atoms with van der Waals surface area (Å²) in [6.45, 7) is 0.